The van der Waals surface area contributed by atoms with Crippen LogP contribution in [0.5, 0.6) is 5.75 Å². The predicted octanol–water partition coefficient (Wildman–Crippen LogP) is 4.02. The van der Waals surface area contributed by atoms with Crippen LogP contribution in [0.25, 0.3) is 16.6 Å². The van der Waals surface area contributed by atoms with E-state index in [0.717, 1.165) is 12.1 Å². The van der Waals surface area contributed by atoms with Gasteiger partial charge in [-0.2, -0.15) is 23.0 Å². The number of nitrogens with zero attached hydrogens (tertiary/aromatic N) is 3. The van der Waals surface area contributed by atoms with E-state index in [2.05, 4.69) is 10.1 Å². The summed E-state index contributed by atoms with van der Waals surface area (Å²) >= 11 is 0. The van der Waals surface area contributed by atoms with Gasteiger partial charge in [0, 0.05) is 11.5 Å². The Morgan fingerprint density at radius 3 is 2.38 bits per heavy atom. The van der Waals surface area contributed by atoms with Crippen LogP contribution in [0.3, 0.4) is 0 Å². The summed E-state index contributed by atoms with van der Waals surface area (Å²) in [5, 5.41) is 3.87. The first-order valence-corrected chi connectivity index (χ1v) is 11.3. The quantitative estimate of drug-likeness (QED) is 0.561. The van der Waals surface area contributed by atoms with Gasteiger partial charge in [0.25, 0.3) is 5.56 Å². The van der Waals surface area contributed by atoms with Crippen LogP contribution in [-0.4, -0.2) is 35.5 Å². The third-order valence-corrected chi connectivity index (χ3v) is 6.24. The SMILES string of the molecule is CCS(=O)(=O)c1cc(OCC(C)(C)C)cnc1-n1ncc2ccc(C(F)(F)F)cc2c1=O. The molecule has 0 unspecified atom stereocenters. The molecular formula is C21H22F3N3O4S. The van der Waals surface area contributed by atoms with Gasteiger partial charge in [-0.05, 0) is 17.5 Å². The first kappa shape index (κ1) is 23.7. The zero-order valence-corrected chi connectivity index (χ0v) is 18.7. The van der Waals surface area contributed by atoms with Gasteiger partial charge >= 0.3 is 6.18 Å². The highest BCUT2D eigenvalue weighted by atomic mass is 32.2. The molecule has 0 saturated carbocycles. The Bertz CT molecular complexity index is 1330. The van der Waals surface area contributed by atoms with Crippen molar-refractivity contribution in [3.63, 3.8) is 0 Å². The summed E-state index contributed by atoms with van der Waals surface area (Å²) in [6, 6.07) is 3.94. The molecule has 0 radical (unpaired) electrons. The topological polar surface area (TPSA) is 91.2 Å². The summed E-state index contributed by atoms with van der Waals surface area (Å²) in [6.07, 6.45) is -2.21. The highest BCUT2D eigenvalue weighted by Crippen LogP contribution is 2.31. The van der Waals surface area contributed by atoms with Crippen LogP contribution < -0.4 is 10.3 Å². The molecule has 7 nitrogen and oxygen atoms in total. The van der Waals surface area contributed by atoms with Crippen molar-refractivity contribution < 1.29 is 26.3 Å². The van der Waals surface area contributed by atoms with Gasteiger partial charge in [-0.3, -0.25) is 4.79 Å². The van der Waals surface area contributed by atoms with Crippen LogP contribution in [0.4, 0.5) is 13.2 Å². The molecule has 0 aliphatic carbocycles. The highest BCUT2D eigenvalue weighted by Gasteiger charge is 2.31. The van der Waals surface area contributed by atoms with Gasteiger partial charge in [0.15, 0.2) is 15.7 Å². The van der Waals surface area contributed by atoms with E-state index in [4.69, 9.17) is 4.74 Å². The number of hydrogen-bond donors (Lipinski definition) is 0. The van der Waals surface area contributed by atoms with E-state index < -0.39 is 27.1 Å². The van der Waals surface area contributed by atoms with Crippen LogP contribution >= 0.6 is 0 Å². The highest BCUT2D eigenvalue weighted by molar-refractivity contribution is 7.91. The molecule has 0 spiro atoms. The fourth-order valence-corrected chi connectivity index (χ4v) is 3.83. The number of rotatable bonds is 5. The Balaban J connectivity index is 2.21. The molecule has 0 bridgehead atoms. The number of benzene rings is 1. The predicted molar refractivity (Wildman–Crippen MR) is 113 cm³/mol. The Hall–Kier alpha value is -2.95. The Kier molecular flexibility index (Phi) is 6.07. The second-order valence-electron chi connectivity index (χ2n) is 8.41. The zero-order valence-electron chi connectivity index (χ0n) is 17.9. The number of sulfone groups is 1. The molecule has 0 aliphatic heterocycles. The average Bonchev–Trinajstić information content (AvgIpc) is 2.71. The van der Waals surface area contributed by atoms with E-state index in [1.165, 1.54) is 25.4 Å². The van der Waals surface area contributed by atoms with Crippen LogP contribution in [0.2, 0.25) is 0 Å². The van der Waals surface area contributed by atoms with E-state index in [1.54, 1.807) is 0 Å². The number of ether oxygens (including phenoxy) is 1. The maximum absolute atomic E-state index is 13.1. The minimum atomic E-state index is -4.64. The van der Waals surface area contributed by atoms with Crippen molar-refractivity contribution in [2.45, 2.75) is 38.8 Å². The summed E-state index contributed by atoms with van der Waals surface area (Å²) < 4.78 is 71.1. The molecule has 3 aromatic rings. The average molecular weight is 469 g/mol. The smallest absolute Gasteiger partial charge is 0.416 e. The number of hydrogen-bond acceptors (Lipinski definition) is 6. The van der Waals surface area contributed by atoms with Crippen LogP contribution in [0.1, 0.15) is 33.3 Å². The fraction of sp³-hybridized carbons (Fsp3) is 0.381. The summed E-state index contributed by atoms with van der Waals surface area (Å²) in [7, 11) is -3.88. The van der Waals surface area contributed by atoms with Gasteiger partial charge in [-0.1, -0.05) is 33.8 Å². The maximum atomic E-state index is 13.1. The second-order valence-corrected chi connectivity index (χ2v) is 10.7. The minimum absolute atomic E-state index is 0.184. The van der Waals surface area contributed by atoms with Crippen molar-refractivity contribution >= 4 is 20.6 Å². The lowest BCUT2D eigenvalue weighted by Gasteiger charge is -2.19. The number of alkyl halides is 3. The molecule has 0 saturated heterocycles. The van der Waals surface area contributed by atoms with Crippen molar-refractivity contribution in [2.75, 3.05) is 12.4 Å². The van der Waals surface area contributed by atoms with Crippen molar-refractivity contribution in [1.82, 2.24) is 14.8 Å². The Morgan fingerprint density at radius 2 is 1.78 bits per heavy atom. The molecule has 32 heavy (non-hydrogen) atoms. The minimum Gasteiger partial charge on any atom is -0.491 e. The van der Waals surface area contributed by atoms with Crippen LogP contribution in [0, 0.1) is 5.41 Å². The Labute approximate surface area is 182 Å². The molecule has 1 aromatic carbocycles. The van der Waals surface area contributed by atoms with Gasteiger partial charge < -0.3 is 4.74 Å². The monoisotopic (exact) mass is 469 g/mol. The molecule has 0 aliphatic rings. The zero-order chi connectivity index (χ0) is 23.9. The molecule has 172 valence electrons. The molecule has 11 heteroatoms. The van der Waals surface area contributed by atoms with Gasteiger partial charge in [-0.25, -0.2) is 13.4 Å². The summed E-state index contributed by atoms with van der Waals surface area (Å²) in [5.41, 5.74) is -2.12. The molecule has 2 heterocycles. The molecule has 2 aromatic heterocycles. The van der Waals surface area contributed by atoms with E-state index in [0.29, 0.717) is 10.7 Å². The normalized spacial score (nSPS) is 12.8. The number of halogens is 3. The van der Waals surface area contributed by atoms with E-state index >= 15 is 0 Å². The molecule has 0 N–H and O–H groups in total. The van der Waals surface area contributed by atoms with Crippen molar-refractivity contribution in [3.05, 3.63) is 52.6 Å². The molecular weight excluding hydrogens is 447 g/mol. The summed E-state index contributed by atoms with van der Waals surface area (Å²) in [6.45, 7) is 7.52. The number of pyridine rings is 1. The number of aromatic nitrogens is 3. The van der Waals surface area contributed by atoms with Crippen LogP contribution in [0.15, 0.2) is 46.3 Å². The van der Waals surface area contributed by atoms with Gasteiger partial charge in [0.1, 0.15) is 10.6 Å². The van der Waals surface area contributed by atoms with Gasteiger partial charge in [0.05, 0.1) is 35.7 Å². The molecule has 0 fully saturated rings. The lowest BCUT2D eigenvalue weighted by Crippen LogP contribution is -2.25. The van der Waals surface area contributed by atoms with E-state index in [1.807, 2.05) is 20.8 Å². The van der Waals surface area contributed by atoms with Crippen molar-refractivity contribution in [2.24, 2.45) is 5.41 Å². The molecule has 0 amide bonds. The van der Waals surface area contributed by atoms with Crippen molar-refractivity contribution in [1.29, 1.82) is 0 Å². The van der Waals surface area contributed by atoms with Crippen molar-refractivity contribution in [3.8, 4) is 11.6 Å². The third kappa shape index (κ3) is 4.93. The largest absolute Gasteiger partial charge is 0.491 e. The molecule has 0 atom stereocenters. The maximum Gasteiger partial charge on any atom is 0.416 e. The third-order valence-electron chi connectivity index (χ3n) is 4.51. The first-order chi connectivity index (χ1) is 14.7. The first-order valence-electron chi connectivity index (χ1n) is 9.68. The summed E-state index contributed by atoms with van der Waals surface area (Å²) in [4.78, 5) is 16.8. The molecule has 3 rings (SSSR count). The van der Waals surface area contributed by atoms with Gasteiger partial charge in [0.2, 0.25) is 0 Å². The lowest BCUT2D eigenvalue weighted by atomic mass is 9.99. The lowest BCUT2D eigenvalue weighted by molar-refractivity contribution is -0.137. The fourth-order valence-electron chi connectivity index (χ4n) is 2.81. The standard InChI is InChI=1S/C21H22F3N3O4S/c1-5-32(29,30)17-9-15(31-12-20(2,3)4)11-25-18(17)27-19(28)16-8-14(21(22,23)24)7-6-13(16)10-26-27/h6-11H,5,12H2,1-4H3. The van der Waals surface area contributed by atoms with Gasteiger partial charge in [-0.15, -0.1) is 0 Å². The Morgan fingerprint density at radius 1 is 1.09 bits per heavy atom. The van der Waals surface area contributed by atoms with E-state index in [9.17, 15) is 26.4 Å². The van der Waals surface area contributed by atoms with Crippen LogP contribution in [-0.2, 0) is 16.0 Å². The van der Waals surface area contributed by atoms with E-state index in [-0.39, 0.29) is 45.0 Å². The second kappa shape index (κ2) is 8.19. The number of fused-ring (bicyclic) bond motifs is 1. The summed E-state index contributed by atoms with van der Waals surface area (Å²) in [5.74, 6) is -0.409.